The maximum Gasteiger partial charge on any atom is 0.123 e. The SMILES string of the molecule is CNCc1ccc(F)cc1-c1ccc2ccccc2n1. The van der Waals surface area contributed by atoms with Crippen molar-refractivity contribution in [2.75, 3.05) is 7.05 Å². The molecule has 0 saturated heterocycles. The predicted octanol–water partition coefficient (Wildman–Crippen LogP) is 3.76. The van der Waals surface area contributed by atoms with Crippen LogP contribution < -0.4 is 5.32 Å². The summed E-state index contributed by atoms with van der Waals surface area (Å²) < 4.78 is 13.5. The summed E-state index contributed by atoms with van der Waals surface area (Å²) in [4.78, 5) is 4.64. The van der Waals surface area contributed by atoms with Gasteiger partial charge in [-0.3, -0.25) is 0 Å². The second-order valence-electron chi connectivity index (χ2n) is 4.72. The molecule has 0 aliphatic carbocycles. The van der Waals surface area contributed by atoms with E-state index < -0.39 is 0 Å². The fourth-order valence-corrected chi connectivity index (χ4v) is 2.35. The molecule has 2 nitrogen and oxygen atoms in total. The van der Waals surface area contributed by atoms with Crippen LogP contribution in [0.25, 0.3) is 22.2 Å². The second-order valence-corrected chi connectivity index (χ2v) is 4.72. The van der Waals surface area contributed by atoms with Crippen molar-refractivity contribution < 1.29 is 4.39 Å². The van der Waals surface area contributed by atoms with E-state index >= 15 is 0 Å². The van der Waals surface area contributed by atoms with Gasteiger partial charge in [0.2, 0.25) is 0 Å². The average molecular weight is 266 g/mol. The van der Waals surface area contributed by atoms with Crippen molar-refractivity contribution in [1.29, 1.82) is 0 Å². The molecule has 0 aliphatic rings. The maximum absolute atomic E-state index is 13.5. The molecule has 0 fully saturated rings. The van der Waals surface area contributed by atoms with E-state index in [2.05, 4.69) is 10.3 Å². The fraction of sp³-hybridized carbons (Fsp3) is 0.118. The van der Waals surface area contributed by atoms with Gasteiger partial charge in [0.05, 0.1) is 11.2 Å². The van der Waals surface area contributed by atoms with Gasteiger partial charge in [-0.25, -0.2) is 9.37 Å². The van der Waals surface area contributed by atoms with Crippen molar-refractivity contribution in [3.05, 3.63) is 66.0 Å². The fourth-order valence-electron chi connectivity index (χ4n) is 2.35. The molecule has 0 spiro atoms. The first-order valence-electron chi connectivity index (χ1n) is 6.57. The first-order chi connectivity index (χ1) is 9.78. The number of nitrogens with one attached hydrogen (secondary N) is 1. The van der Waals surface area contributed by atoms with E-state index in [0.717, 1.165) is 27.7 Å². The smallest absolute Gasteiger partial charge is 0.123 e. The first kappa shape index (κ1) is 12.8. The van der Waals surface area contributed by atoms with E-state index in [1.807, 2.05) is 43.4 Å². The topological polar surface area (TPSA) is 24.9 Å². The number of pyridine rings is 1. The molecule has 3 rings (SSSR count). The molecule has 3 heteroatoms. The van der Waals surface area contributed by atoms with Gasteiger partial charge in [0, 0.05) is 17.5 Å². The van der Waals surface area contributed by atoms with E-state index in [1.54, 1.807) is 12.1 Å². The largest absolute Gasteiger partial charge is 0.316 e. The molecule has 100 valence electrons. The van der Waals surface area contributed by atoms with Gasteiger partial charge in [-0.15, -0.1) is 0 Å². The highest BCUT2D eigenvalue weighted by Crippen LogP contribution is 2.25. The van der Waals surface area contributed by atoms with Crippen LogP contribution in [0, 0.1) is 5.82 Å². The van der Waals surface area contributed by atoms with Crippen molar-refractivity contribution in [1.82, 2.24) is 10.3 Å². The van der Waals surface area contributed by atoms with Crippen LogP contribution in [0.4, 0.5) is 4.39 Å². The molecular weight excluding hydrogens is 251 g/mol. The molecule has 3 aromatic rings. The number of aromatic nitrogens is 1. The summed E-state index contributed by atoms with van der Waals surface area (Å²) in [5.41, 5.74) is 3.60. The molecule has 1 N–H and O–H groups in total. The lowest BCUT2D eigenvalue weighted by molar-refractivity contribution is 0.627. The normalized spacial score (nSPS) is 10.9. The maximum atomic E-state index is 13.5. The molecule has 1 aromatic heterocycles. The zero-order valence-electron chi connectivity index (χ0n) is 11.2. The molecule has 2 aromatic carbocycles. The van der Waals surface area contributed by atoms with Crippen LogP contribution in [0.5, 0.6) is 0 Å². The lowest BCUT2D eigenvalue weighted by atomic mass is 10.0. The van der Waals surface area contributed by atoms with E-state index in [-0.39, 0.29) is 5.82 Å². The number of hydrogen-bond donors (Lipinski definition) is 1. The molecular formula is C17H15FN2. The van der Waals surface area contributed by atoms with E-state index in [0.29, 0.717) is 6.54 Å². The van der Waals surface area contributed by atoms with E-state index in [4.69, 9.17) is 0 Å². The Morgan fingerprint density at radius 3 is 2.75 bits per heavy atom. The average Bonchev–Trinajstić information content (AvgIpc) is 2.49. The summed E-state index contributed by atoms with van der Waals surface area (Å²) in [6, 6.07) is 16.7. The van der Waals surface area contributed by atoms with Crippen molar-refractivity contribution in [3.8, 4) is 11.3 Å². The van der Waals surface area contributed by atoms with Crippen molar-refractivity contribution >= 4 is 10.9 Å². The Morgan fingerprint density at radius 2 is 1.90 bits per heavy atom. The second kappa shape index (κ2) is 5.39. The molecule has 20 heavy (non-hydrogen) atoms. The number of benzene rings is 2. The van der Waals surface area contributed by atoms with Gasteiger partial charge >= 0.3 is 0 Å². The highest BCUT2D eigenvalue weighted by Gasteiger charge is 2.08. The lowest BCUT2D eigenvalue weighted by Gasteiger charge is -2.10. The Kier molecular flexibility index (Phi) is 3.44. The van der Waals surface area contributed by atoms with Gasteiger partial charge in [0.1, 0.15) is 5.82 Å². The molecule has 0 amide bonds. The van der Waals surface area contributed by atoms with Gasteiger partial charge in [0.15, 0.2) is 0 Å². The number of halogens is 1. The first-order valence-corrected chi connectivity index (χ1v) is 6.57. The molecule has 1 heterocycles. The van der Waals surface area contributed by atoms with Gasteiger partial charge < -0.3 is 5.32 Å². The third kappa shape index (κ3) is 2.40. The number of nitrogens with zero attached hydrogens (tertiary/aromatic N) is 1. The van der Waals surface area contributed by atoms with Gasteiger partial charge in [-0.05, 0) is 36.9 Å². The van der Waals surface area contributed by atoms with Crippen LogP contribution in [0.15, 0.2) is 54.6 Å². The van der Waals surface area contributed by atoms with Crippen LogP contribution in [-0.4, -0.2) is 12.0 Å². The molecule has 0 atom stereocenters. The number of rotatable bonds is 3. The third-order valence-electron chi connectivity index (χ3n) is 3.31. The van der Waals surface area contributed by atoms with E-state index in [9.17, 15) is 4.39 Å². The Morgan fingerprint density at radius 1 is 1.05 bits per heavy atom. The summed E-state index contributed by atoms with van der Waals surface area (Å²) in [5, 5.41) is 4.19. The molecule has 0 radical (unpaired) electrons. The Labute approximate surface area is 117 Å². The highest BCUT2D eigenvalue weighted by molar-refractivity contribution is 5.81. The summed E-state index contributed by atoms with van der Waals surface area (Å²) in [6.07, 6.45) is 0. The summed E-state index contributed by atoms with van der Waals surface area (Å²) in [7, 11) is 1.88. The van der Waals surface area contributed by atoms with Crippen molar-refractivity contribution in [3.63, 3.8) is 0 Å². The molecule has 0 aliphatic heterocycles. The lowest BCUT2D eigenvalue weighted by Crippen LogP contribution is -2.07. The number of hydrogen-bond acceptors (Lipinski definition) is 2. The molecule has 0 unspecified atom stereocenters. The minimum atomic E-state index is -0.241. The quantitative estimate of drug-likeness (QED) is 0.780. The van der Waals surface area contributed by atoms with Crippen molar-refractivity contribution in [2.24, 2.45) is 0 Å². The van der Waals surface area contributed by atoms with Crippen LogP contribution >= 0.6 is 0 Å². The Hall–Kier alpha value is -2.26. The molecule has 0 saturated carbocycles. The monoisotopic (exact) mass is 266 g/mol. The van der Waals surface area contributed by atoms with E-state index in [1.165, 1.54) is 6.07 Å². The summed E-state index contributed by atoms with van der Waals surface area (Å²) >= 11 is 0. The Balaban J connectivity index is 2.16. The standard InChI is InChI=1S/C17H15FN2/c1-19-11-13-6-8-14(18)10-15(13)17-9-7-12-4-2-3-5-16(12)20-17/h2-10,19H,11H2,1H3. The van der Waals surface area contributed by atoms with Crippen LogP contribution in [0.2, 0.25) is 0 Å². The zero-order chi connectivity index (χ0) is 13.9. The van der Waals surface area contributed by atoms with Crippen molar-refractivity contribution in [2.45, 2.75) is 6.54 Å². The highest BCUT2D eigenvalue weighted by atomic mass is 19.1. The number of para-hydroxylation sites is 1. The van der Waals surface area contributed by atoms with Gasteiger partial charge in [0.25, 0.3) is 0 Å². The summed E-state index contributed by atoms with van der Waals surface area (Å²) in [6.45, 7) is 0.685. The number of fused-ring (bicyclic) bond motifs is 1. The third-order valence-corrected chi connectivity index (χ3v) is 3.31. The minimum Gasteiger partial charge on any atom is -0.316 e. The summed E-state index contributed by atoms with van der Waals surface area (Å²) in [5.74, 6) is -0.241. The molecule has 0 bridgehead atoms. The van der Waals surface area contributed by atoms with Crippen LogP contribution in [0.1, 0.15) is 5.56 Å². The van der Waals surface area contributed by atoms with Crippen LogP contribution in [-0.2, 0) is 6.54 Å². The van der Waals surface area contributed by atoms with Gasteiger partial charge in [-0.1, -0.05) is 30.3 Å². The van der Waals surface area contributed by atoms with Gasteiger partial charge in [-0.2, -0.15) is 0 Å². The van der Waals surface area contributed by atoms with Crippen LogP contribution in [0.3, 0.4) is 0 Å². The predicted molar refractivity (Wildman–Crippen MR) is 79.9 cm³/mol. The Bertz CT molecular complexity index is 753. The minimum absolute atomic E-state index is 0.241. The zero-order valence-corrected chi connectivity index (χ0v) is 11.2.